The van der Waals surface area contributed by atoms with Crippen LogP contribution >= 0.6 is 12.4 Å². The van der Waals surface area contributed by atoms with E-state index < -0.39 is 38.2 Å². The Kier molecular flexibility index (Phi) is 3.89. The summed E-state index contributed by atoms with van der Waals surface area (Å²) in [6.07, 6.45) is -6.67. The van der Waals surface area contributed by atoms with Gasteiger partial charge in [-0.3, -0.25) is 0 Å². The zero-order valence-corrected chi connectivity index (χ0v) is 12.9. The van der Waals surface area contributed by atoms with Crippen LogP contribution < -0.4 is 5.32 Å². The van der Waals surface area contributed by atoms with Crippen LogP contribution in [-0.2, 0) is 6.42 Å². The molecular formula is C18H24ClNO3. The van der Waals surface area contributed by atoms with Crippen molar-refractivity contribution in [2.75, 3.05) is 6.50 Å². The van der Waals surface area contributed by atoms with Gasteiger partial charge in [-0.1, -0.05) is 24.3 Å². The lowest BCUT2D eigenvalue weighted by Crippen LogP contribution is -2.30. The van der Waals surface area contributed by atoms with Gasteiger partial charge in [-0.15, -0.1) is 12.4 Å². The molecule has 4 N–H and O–H groups in total. The molecule has 0 aromatic heterocycles. The molecule has 2 atom stereocenters. The molecule has 0 aliphatic rings. The fourth-order valence-corrected chi connectivity index (χ4v) is 1.66. The summed E-state index contributed by atoms with van der Waals surface area (Å²) in [5.41, 5.74) is -0.111. The number of phenols is 2. The zero-order chi connectivity index (χ0) is 23.9. The van der Waals surface area contributed by atoms with Gasteiger partial charge in [0, 0.05) is 23.5 Å². The van der Waals surface area contributed by atoms with Gasteiger partial charge in [-0.2, -0.15) is 0 Å². The number of aromatic hydroxyl groups is 2. The lowest BCUT2D eigenvalue weighted by atomic mass is 10.1. The normalized spacial score (nSPS) is 23.4. The standard InChI is InChI=1S/C18H23NO3.ClH/c1-13(2-3-14-4-8-16(20)9-5-14)19-12-18(22)15-6-10-17(21)11-7-15;/h4-11,13,18-22H,2-3,12H2,1H3;1H/i1D3,2D2,12D2,13D,18D;. The van der Waals surface area contributed by atoms with Crippen LogP contribution in [0.15, 0.2) is 48.5 Å². The highest BCUT2D eigenvalue weighted by molar-refractivity contribution is 5.85. The summed E-state index contributed by atoms with van der Waals surface area (Å²) in [5, 5.41) is 31.0. The Morgan fingerprint density at radius 1 is 1.09 bits per heavy atom. The first-order valence-electron chi connectivity index (χ1n) is 11.0. The van der Waals surface area contributed by atoms with E-state index in [1.807, 2.05) is 0 Å². The fourth-order valence-electron chi connectivity index (χ4n) is 1.66. The highest BCUT2D eigenvalue weighted by Gasteiger charge is 2.09. The Morgan fingerprint density at radius 3 is 2.22 bits per heavy atom. The summed E-state index contributed by atoms with van der Waals surface area (Å²) in [6.45, 7) is -6.71. The molecule has 2 aromatic carbocycles. The largest absolute Gasteiger partial charge is 0.508 e. The molecule has 0 spiro atoms. The molecular weight excluding hydrogens is 314 g/mol. The van der Waals surface area contributed by atoms with Gasteiger partial charge in [-0.05, 0) is 55.0 Å². The Morgan fingerprint density at radius 2 is 1.65 bits per heavy atom. The molecule has 2 aromatic rings. The van der Waals surface area contributed by atoms with Crippen LogP contribution in [-0.4, -0.2) is 27.8 Å². The highest BCUT2D eigenvalue weighted by Crippen LogP contribution is 2.16. The molecule has 23 heavy (non-hydrogen) atoms. The van der Waals surface area contributed by atoms with Crippen molar-refractivity contribution in [3.05, 3.63) is 59.7 Å². The minimum Gasteiger partial charge on any atom is -0.508 e. The Balaban J connectivity index is 0.00000512. The van der Waals surface area contributed by atoms with E-state index >= 15 is 0 Å². The summed E-state index contributed by atoms with van der Waals surface area (Å²) in [7, 11) is 0. The monoisotopic (exact) mass is 346 g/mol. The smallest absolute Gasteiger partial charge is 0.115 e. The van der Waals surface area contributed by atoms with Gasteiger partial charge in [0.05, 0.1) is 7.45 Å². The molecule has 2 unspecified atom stereocenters. The molecule has 0 radical (unpaired) electrons. The van der Waals surface area contributed by atoms with Crippen molar-refractivity contribution < 1.29 is 27.7 Å². The van der Waals surface area contributed by atoms with Crippen LogP contribution in [0.2, 0.25) is 0 Å². The SMILES string of the molecule is Cl.[2H]C([2H])([2H])C([2H])(NC([2H])([2H])C([2H])(O)c1ccc(O)cc1)C([2H])([2H])Cc1ccc(O)cc1. The molecule has 0 bridgehead atoms. The first-order chi connectivity index (χ1) is 13.9. The van der Waals surface area contributed by atoms with Crippen LogP contribution in [0.5, 0.6) is 11.5 Å². The van der Waals surface area contributed by atoms with Crippen LogP contribution in [0.3, 0.4) is 0 Å². The van der Waals surface area contributed by atoms with Crippen molar-refractivity contribution in [2.24, 2.45) is 0 Å². The minimum atomic E-state index is -3.41. The molecule has 2 rings (SSSR count). The van der Waals surface area contributed by atoms with Crippen molar-refractivity contribution in [3.63, 3.8) is 0 Å². The Hall–Kier alpha value is -1.75. The van der Waals surface area contributed by atoms with Crippen molar-refractivity contribution >= 4 is 12.4 Å². The third kappa shape index (κ3) is 6.48. The number of hydrogen-bond donors (Lipinski definition) is 4. The molecule has 0 aliphatic heterocycles. The van der Waals surface area contributed by atoms with Gasteiger partial charge >= 0.3 is 0 Å². The number of phenolic OH excluding ortho intramolecular Hbond substituents is 2. The van der Waals surface area contributed by atoms with Crippen LogP contribution in [0, 0.1) is 0 Å². The average Bonchev–Trinajstić information content (AvgIpc) is 2.62. The summed E-state index contributed by atoms with van der Waals surface area (Å²) >= 11 is 0. The second-order valence-electron chi connectivity index (χ2n) is 4.54. The maximum absolute atomic E-state index is 10.5. The fraction of sp³-hybridized carbons (Fsp3) is 0.333. The van der Waals surface area contributed by atoms with Gasteiger partial charge in [0.25, 0.3) is 0 Å². The van der Waals surface area contributed by atoms with E-state index in [1.165, 1.54) is 24.3 Å². The maximum atomic E-state index is 10.5. The maximum Gasteiger partial charge on any atom is 0.115 e. The van der Waals surface area contributed by atoms with Gasteiger partial charge < -0.3 is 20.6 Å². The van der Waals surface area contributed by atoms with Crippen LogP contribution in [0.1, 0.15) is 42.8 Å². The van der Waals surface area contributed by atoms with Gasteiger partial charge in [0.15, 0.2) is 0 Å². The second-order valence-corrected chi connectivity index (χ2v) is 4.54. The molecule has 4 nitrogen and oxygen atoms in total. The van der Waals surface area contributed by atoms with E-state index in [-0.39, 0.29) is 35.0 Å². The number of rotatable bonds is 7. The number of nitrogens with one attached hydrogen (secondary N) is 1. The average molecular weight is 347 g/mol. The predicted octanol–water partition coefficient (Wildman–Crippen LogP) is 3.16. The first kappa shape index (κ1) is 9.52. The third-order valence-electron chi connectivity index (χ3n) is 2.85. The van der Waals surface area contributed by atoms with Crippen LogP contribution in [0.25, 0.3) is 0 Å². The molecule has 0 heterocycles. The van der Waals surface area contributed by atoms with Crippen molar-refractivity contribution in [1.29, 1.82) is 0 Å². The van der Waals surface area contributed by atoms with E-state index in [0.29, 0.717) is 0 Å². The van der Waals surface area contributed by atoms with Gasteiger partial charge in [0.2, 0.25) is 0 Å². The summed E-state index contributed by atoms with van der Waals surface area (Å²) in [6, 6.07) is 6.17. The van der Waals surface area contributed by atoms with Crippen molar-refractivity contribution in [2.45, 2.75) is 31.7 Å². The van der Waals surface area contributed by atoms with E-state index in [2.05, 4.69) is 0 Å². The highest BCUT2D eigenvalue weighted by atomic mass is 35.5. The minimum absolute atomic E-state index is 0. The van der Waals surface area contributed by atoms with Crippen LogP contribution in [0.4, 0.5) is 0 Å². The molecule has 0 fully saturated rings. The third-order valence-corrected chi connectivity index (χ3v) is 2.85. The number of hydrogen-bond acceptors (Lipinski definition) is 4. The lowest BCUT2D eigenvalue weighted by molar-refractivity contribution is 0.170. The van der Waals surface area contributed by atoms with Crippen molar-refractivity contribution in [3.8, 4) is 11.5 Å². The lowest BCUT2D eigenvalue weighted by Gasteiger charge is -2.17. The van der Waals surface area contributed by atoms with E-state index in [4.69, 9.17) is 12.3 Å². The van der Waals surface area contributed by atoms with Crippen molar-refractivity contribution in [1.82, 2.24) is 5.32 Å². The Bertz CT molecular complexity index is 905. The van der Waals surface area contributed by atoms with E-state index in [9.17, 15) is 15.3 Å². The Labute approximate surface area is 155 Å². The zero-order valence-electron chi connectivity index (χ0n) is 21.1. The summed E-state index contributed by atoms with van der Waals surface area (Å²) in [4.78, 5) is 0. The second kappa shape index (κ2) is 9.40. The molecule has 0 amide bonds. The van der Waals surface area contributed by atoms with Gasteiger partial charge in [-0.25, -0.2) is 0 Å². The molecule has 126 valence electrons. The molecule has 5 heteroatoms. The van der Waals surface area contributed by atoms with E-state index in [1.54, 1.807) is 5.32 Å². The number of aryl methyl sites for hydroxylation is 1. The molecule has 0 saturated carbocycles. The number of benzene rings is 2. The summed E-state index contributed by atoms with van der Waals surface area (Å²) < 4.78 is 72.5. The van der Waals surface area contributed by atoms with Gasteiger partial charge in [0.1, 0.15) is 11.5 Å². The molecule has 0 saturated heterocycles. The quantitative estimate of drug-likeness (QED) is 0.621. The summed E-state index contributed by atoms with van der Waals surface area (Å²) in [5.74, 6) is -0.310. The number of aliphatic hydroxyl groups is 1. The number of halogens is 1. The molecule has 0 aliphatic carbocycles. The van der Waals surface area contributed by atoms with E-state index in [0.717, 1.165) is 24.3 Å². The topological polar surface area (TPSA) is 72.7 Å². The predicted molar refractivity (Wildman–Crippen MR) is 94.2 cm³/mol. The first-order valence-corrected chi connectivity index (χ1v) is 6.52.